The lowest BCUT2D eigenvalue weighted by atomic mass is 9.83. The van der Waals surface area contributed by atoms with E-state index < -0.39 is 0 Å². The van der Waals surface area contributed by atoms with Crippen molar-refractivity contribution in [3.8, 4) is 0 Å². The molecule has 2 aliphatic rings. The van der Waals surface area contributed by atoms with E-state index in [0.29, 0.717) is 18.4 Å². The first-order valence-electron chi connectivity index (χ1n) is 6.57. The van der Waals surface area contributed by atoms with E-state index in [0.717, 1.165) is 12.8 Å². The van der Waals surface area contributed by atoms with Gasteiger partial charge in [-0.1, -0.05) is 25.2 Å². The molecule has 0 aromatic rings. The van der Waals surface area contributed by atoms with E-state index in [9.17, 15) is 9.59 Å². The Bertz CT molecular complexity index is 419. The Kier molecular flexibility index (Phi) is 3.69. The Labute approximate surface area is 108 Å². The van der Waals surface area contributed by atoms with Gasteiger partial charge in [0.1, 0.15) is 11.9 Å². The number of hydrogen-bond donors (Lipinski definition) is 0. The van der Waals surface area contributed by atoms with Crippen molar-refractivity contribution in [3.63, 3.8) is 0 Å². The SMILES string of the molecule is C=C1C(=O)O[C@@H]2C[C@@H](C)C(=O)C/C=C(\C)CC[C@H]12. The van der Waals surface area contributed by atoms with Crippen LogP contribution in [-0.4, -0.2) is 17.9 Å². The van der Waals surface area contributed by atoms with E-state index in [1.807, 2.05) is 19.9 Å². The summed E-state index contributed by atoms with van der Waals surface area (Å²) >= 11 is 0. The van der Waals surface area contributed by atoms with E-state index in [2.05, 4.69) is 6.58 Å². The predicted octanol–water partition coefficient (Wildman–Crippen LogP) is 2.81. The summed E-state index contributed by atoms with van der Waals surface area (Å²) < 4.78 is 5.35. The molecule has 0 unspecified atom stereocenters. The number of ketones is 1. The molecule has 98 valence electrons. The highest BCUT2D eigenvalue weighted by Crippen LogP contribution is 2.35. The minimum Gasteiger partial charge on any atom is -0.458 e. The molecule has 1 fully saturated rings. The Morgan fingerprint density at radius 3 is 2.83 bits per heavy atom. The summed E-state index contributed by atoms with van der Waals surface area (Å²) in [7, 11) is 0. The first-order valence-corrected chi connectivity index (χ1v) is 6.57. The molecule has 0 amide bonds. The van der Waals surface area contributed by atoms with Crippen molar-refractivity contribution in [1.29, 1.82) is 0 Å². The van der Waals surface area contributed by atoms with Gasteiger partial charge < -0.3 is 4.74 Å². The molecule has 3 atom stereocenters. The van der Waals surface area contributed by atoms with Crippen molar-refractivity contribution in [3.05, 3.63) is 23.8 Å². The quantitative estimate of drug-likeness (QED) is 0.376. The van der Waals surface area contributed by atoms with Crippen LogP contribution in [0.15, 0.2) is 23.8 Å². The van der Waals surface area contributed by atoms with Gasteiger partial charge in [0.2, 0.25) is 0 Å². The lowest BCUT2D eigenvalue weighted by Gasteiger charge is -2.22. The fourth-order valence-corrected chi connectivity index (χ4v) is 2.68. The zero-order valence-corrected chi connectivity index (χ0v) is 11.1. The topological polar surface area (TPSA) is 43.4 Å². The van der Waals surface area contributed by atoms with Gasteiger partial charge in [-0.2, -0.15) is 0 Å². The van der Waals surface area contributed by atoms with E-state index in [1.165, 1.54) is 5.57 Å². The Morgan fingerprint density at radius 2 is 2.11 bits per heavy atom. The molecule has 1 heterocycles. The van der Waals surface area contributed by atoms with Crippen LogP contribution in [-0.2, 0) is 14.3 Å². The van der Waals surface area contributed by atoms with Gasteiger partial charge in [0.25, 0.3) is 0 Å². The lowest BCUT2D eigenvalue weighted by molar-refractivity contribution is -0.140. The highest BCUT2D eigenvalue weighted by molar-refractivity contribution is 5.91. The first kappa shape index (κ1) is 13.1. The number of carbonyl (C=O) groups is 2. The third-order valence-corrected chi connectivity index (χ3v) is 4.05. The number of ether oxygens (including phenoxy) is 1. The van der Waals surface area contributed by atoms with E-state index in [-0.39, 0.29) is 29.7 Å². The molecule has 0 bridgehead atoms. The number of Topliss-reactive ketones (excluding diaryl/α,β-unsaturated/α-hetero) is 1. The summed E-state index contributed by atoms with van der Waals surface area (Å²) in [6.45, 7) is 7.79. The number of rotatable bonds is 0. The minimum absolute atomic E-state index is 0.0571. The van der Waals surface area contributed by atoms with Crippen LogP contribution in [0.4, 0.5) is 0 Å². The molecular formula is C15H20O3. The molecule has 0 aromatic heterocycles. The number of hydrogen-bond acceptors (Lipinski definition) is 3. The summed E-state index contributed by atoms with van der Waals surface area (Å²) in [6.07, 6.45) is 4.77. The summed E-state index contributed by atoms with van der Waals surface area (Å²) in [6, 6.07) is 0. The van der Waals surface area contributed by atoms with Crippen LogP contribution in [0.5, 0.6) is 0 Å². The molecule has 0 spiro atoms. The third kappa shape index (κ3) is 2.55. The smallest absolute Gasteiger partial charge is 0.334 e. The normalized spacial score (nSPS) is 36.7. The highest BCUT2D eigenvalue weighted by Gasteiger charge is 2.39. The molecule has 0 aromatic carbocycles. The molecule has 18 heavy (non-hydrogen) atoms. The average Bonchev–Trinajstić information content (AvgIpc) is 2.59. The molecule has 1 aliphatic heterocycles. The number of carbonyl (C=O) groups excluding carboxylic acids is 2. The van der Waals surface area contributed by atoms with Gasteiger partial charge in [0, 0.05) is 23.8 Å². The molecule has 1 saturated heterocycles. The van der Waals surface area contributed by atoms with Crippen molar-refractivity contribution in [2.24, 2.45) is 11.8 Å². The highest BCUT2D eigenvalue weighted by atomic mass is 16.6. The Balaban J connectivity index is 2.22. The molecule has 2 rings (SSSR count). The molecule has 0 radical (unpaired) electrons. The monoisotopic (exact) mass is 248 g/mol. The van der Waals surface area contributed by atoms with Gasteiger partial charge in [-0.05, 0) is 26.2 Å². The standard InChI is InChI=1S/C15H20O3/c1-9-4-6-12-11(3)15(17)18-14(12)8-10(2)13(16)7-5-9/h5,10,12,14H,3-4,6-8H2,1-2H3/b9-5+/t10-,12-,14-/m1/s1. The van der Waals surface area contributed by atoms with E-state index in [4.69, 9.17) is 4.74 Å². The summed E-state index contributed by atoms with van der Waals surface area (Å²) in [5, 5.41) is 0. The van der Waals surface area contributed by atoms with Gasteiger partial charge in [0.05, 0.1) is 0 Å². The molecular weight excluding hydrogens is 228 g/mol. The zero-order valence-electron chi connectivity index (χ0n) is 11.1. The maximum absolute atomic E-state index is 11.9. The first-order chi connectivity index (χ1) is 8.49. The van der Waals surface area contributed by atoms with Crippen LogP contribution in [0, 0.1) is 11.8 Å². The lowest BCUT2D eigenvalue weighted by Crippen LogP contribution is -2.24. The van der Waals surface area contributed by atoms with Crippen molar-refractivity contribution in [2.45, 2.75) is 45.6 Å². The van der Waals surface area contributed by atoms with Crippen LogP contribution >= 0.6 is 0 Å². The Hall–Kier alpha value is -1.38. The summed E-state index contributed by atoms with van der Waals surface area (Å²) in [5.41, 5.74) is 1.79. The molecule has 3 heteroatoms. The Morgan fingerprint density at radius 1 is 1.39 bits per heavy atom. The largest absolute Gasteiger partial charge is 0.458 e. The van der Waals surface area contributed by atoms with Crippen LogP contribution in [0.25, 0.3) is 0 Å². The third-order valence-electron chi connectivity index (χ3n) is 4.05. The van der Waals surface area contributed by atoms with Crippen LogP contribution in [0.2, 0.25) is 0 Å². The summed E-state index contributed by atoms with van der Waals surface area (Å²) in [4.78, 5) is 23.5. The fourth-order valence-electron chi connectivity index (χ4n) is 2.68. The van der Waals surface area contributed by atoms with Crippen molar-refractivity contribution >= 4 is 11.8 Å². The second-order valence-electron chi connectivity index (χ2n) is 5.47. The average molecular weight is 248 g/mol. The van der Waals surface area contributed by atoms with Crippen molar-refractivity contribution in [2.75, 3.05) is 0 Å². The van der Waals surface area contributed by atoms with Gasteiger partial charge in [-0.15, -0.1) is 0 Å². The maximum atomic E-state index is 11.9. The molecule has 1 aliphatic carbocycles. The number of allylic oxidation sites excluding steroid dienone is 2. The maximum Gasteiger partial charge on any atom is 0.334 e. The van der Waals surface area contributed by atoms with Crippen molar-refractivity contribution in [1.82, 2.24) is 0 Å². The van der Waals surface area contributed by atoms with E-state index >= 15 is 0 Å². The van der Waals surface area contributed by atoms with Crippen LogP contribution in [0.3, 0.4) is 0 Å². The molecule has 0 saturated carbocycles. The second-order valence-corrected chi connectivity index (χ2v) is 5.47. The van der Waals surface area contributed by atoms with Gasteiger partial charge in [0.15, 0.2) is 0 Å². The fraction of sp³-hybridized carbons (Fsp3) is 0.600. The van der Waals surface area contributed by atoms with Gasteiger partial charge in [-0.3, -0.25) is 4.79 Å². The van der Waals surface area contributed by atoms with Crippen molar-refractivity contribution < 1.29 is 14.3 Å². The second kappa shape index (κ2) is 5.09. The van der Waals surface area contributed by atoms with Gasteiger partial charge >= 0.3 is 5.97 Å². The number of fused-ring (bicyclic) bond motifs is 1. The van der Waals surface area contributed by atoms with Crippen LogP contribution < -0.4 is 0 Å². The van der Waals surface area contributed by atoms with E-state index in [1.54, 1.807) is 0 Å². The van der Waals surface area contributed by atoms with Crippen LogP contribution in [0.1, 0.15) is 39.5 Å². The molecule has 0 N–H and O–H groups in total. The number of esters is 1. The minimum atomic E-state index is -0.287. The van der Waals surface area contributed by atoms with Gasteiger partial charge in [-0.25, -0.2) is 4.79 Å². The summed E-state index contributed by atoms with van der Waals surface area (Å²) in [5.74, 6) is -0.0401. The zero-order chi connectivity index (χ0) is 13.3. The predicted molar refractivity (Wildman–Crippen MR) is 68.9 cm³/mol. The molecule has 3 nitrogen and oxygen atoms in total.